The number of hydrogen-bond donors (Lipinski definition) is 4. The lowest BCUT2D eigenvalue weighted by molar-refractivity contribution is 0.152. The fourth-order valence-electron chi connectivity index (χ4n) is 5.12. The average molecular weight is 441 g/mol. The minimum atomic E-state index is -0.132. The molecular formula is C26H28N6O. The highest BCUT2D eigenvalue weighted by molar-refractivity contribution is 5.91. The van der Waals surface area contributed by atoms with Gasteiger partial charge in [-0.05, 0) is 61.7 Å². The molecule has 4 heterocycles. The molecule has 0 saturated carbocycles. The molecule has 33 heavy (non-hydrogen) atoms. The Kier molecular flexibility index (Phi) is 4.48. The quantitative estimate of drug-likeness (QED) is 0.375. The highest BCUT2D eigenvalue weighted by Gasteiger charge is 2.27. The summed E-state index contributed by atoms with van der Waals surface area (Å²) in [4.78, 5) is 8.24. The summed E-state index contributed by atoms with van der Waals surface area (Å²) in [5.74, 6) is 2.55. The van der Waals surface area contributed by atoms with Gasteiger partial charge in [-0.3, -0.25) is 0 Å². The smallest absolute Gasteiger partial charge is 0.173 e. The van der Waals surface area contributed by atoms with E-state index in [1.807, 2.05) is 12.3 Å². The number of aromatic nitrogens is 3. The number of H-pyrrole nitrogens is 1. The molecule has 6 rings (SSSR count). The van der Waals surface area contributed by atoms with E-state index < -0.39 is 0 Å². The van der Waals surface area contributed by atoms with Crippen LogP contribution in [0.3, 0.4) is 0 Å². The predicted molar refractivity (Wildman–Crippen MR) is 131 cm³/mol. The second-order valence-corrected chi connectivity index (χ2v) is 9.20. The number of ether oxygens (including phenoxy) is 1. The summed E-state index contributed by atoms with van der Waals surface area (Å²) < 4.78 is 8.59. The van der Waals surface area contributed by atoms with E-state index in [0.717, 1.165) is 63.5 Å². The third kappa shape index (κ3) is 3.19. The molecule has 2 aromatic heterocycles. The first-order valence-electron chi connectivity index (χ1n) is 11.4. The first-order valence-corrected chi connectivity index (χ1v) is 11.4. The maximum absolute atomic E-state index is 6.36. The molecule has 2 aliphatic heterocycles. The van der Waals surface area contributed by atoms with Gasteiger partial charge in [-0.2, -0.15) is 0 Å². The third-order valence-electron chi connectivity index (χ3n) is 6.84. The number of imidazole rings is 1. The molecule has 7 heteroatoms. The van der Waals surface area contributed by atoms with Gasteiger partial charge < -0.3 is 31.1 Å². The SMILES string of the molecule is C[C@H]1CN[C@H](c2nc(-c3ccc4c(c3)O[C@@H](C)n3c-4cc4cc(/C(N)=C/N)ccc43)c[nH]2)C1. The largest absolute Gasteiger partial charge is 0.470 e. The molecule has 7 nitrogen and oxygen atoms in total. The summed E-state index contributed by atoms with van der Waals surface area (Å²) in [6.45, 7) is 5.37. The van der Waals surface area contributed by atoms with Crippen molar-refractivity contribution in [3.8, 4) is 28.3 Å². The van der Waals surface area contributed by atoms with E-state index >= 15 is 0 Å². The molecule has 3 atom stereocenters. The van der Waals surface area contributed by atoms with Crippen molar-refractivity contribution in [2.75, 3.05) is 6.54 Å². The molecule has 0 amide bonds. The van der Waals surface area contributed by atoms with Crippen molar-refractivity contribution in [1.82, 2.24) is 19.9 Å². The minimum absolute atomic E-state index is 0.132. The van der Waals surface area contributed by atoms with Gasteiger partial charge in [-0.1, -0.05) is 19.1 Å². The molecule has 0 aliphatic carbocycles. The van der Waals surface area contributed by atoms with E-state index in [9.17, 15) is 0 Å². The van der Waals surface area contributed by atoms with E-state index in [1.165, 1.54) is 6.20 Å². The van der Waals surface area contributed by atoms with Crippen molar-refractivity contribution in [2.45, 2.75) is 32.5 Å². The Morgan fingerprint density at radius 3 is 2.85 bits per heavy atom. The van der Waals surface area contributed by atoms with Crippen molar-refractivity contribution in [3.63, 3.8) is 0 Å². The van der Waals surface area contributed by atoms with Gasteiger partial charge in [0.05, 0.1) is 28.6 Å². The van der Waals surface area contributed by atoms with Crippen molar-refractivity contribution >= 4 is 16.6 Å². The lowest BCUT2D eigenvalue weighted by Gasteiger charge is -2.27. The van der Waals surface area contributed by atoms with E-state index in [1.54, 1.807) is 0 Å². The zero-order valence-corrected chi connectivity index (χ0v) is 18.8. The minimum Gasteiger partial charge on any atom is -0.470 e. The summed E-state index contributed by atoms with van der Waals surface area (Å²) in [5.41, 5.74) is 18.4. The molecule has 1 fully saturated rings. The fourth-order valence-corrected chi connectivity index (χ4v) is 5.12. The van der Waals surface area contributed by atoms with Crippen molar-refractivity contribution in [1.29, 1.82) is 0 Å². The van der Waals surface area contributed by atoms with Crippen LogP contribution in [-0.4, -0.2) is 21.1 Å². The second kappa shape index (κ2) is 7.42. The zero-order chi connectivity index (χ0) is 22.7. The third-order valence-corrected chi connectivity index (χ3v) is 6.84. The lowest BCUT2D eigenvalue weighted by atomic mass is 10.0. The van der Waals surface area contributed by atoms with Crippen LogP contribution in [0, 0.1) is 5.92 Å². The number of hydrogen-bond acceptors (Lipinski definition) is 5. The van der Waals surface area contributed by atoms with Gasteiger partial charge in [0.2, 0.25) is 0 Å². The summed E-state index contributed by atoms with van der Waals surface area (Å²) in [7, 11) is 0. The van der Waals surface area contributed by atoms with E-state index in [2.05, 4.69) is 65.1 Å². The average Bonchev–Trinajstić information content (AvgIpc) is 3.55. The van der Waals surface area contributed by atoms with Crippen LogP contribution in [0.15, 0.2) is 54.9 Å². The van der Waals surface area contributed by atoms with Gasteiger partial charge in [0.1, 0.15) is 11.6 Å². The van der Waals surface area contributed by atoms with Crippen LogP contribution in [-0.2, 0) is 0 Å². The number of fused-ring (bicyclic) bond motifs is 5. The number of nitrogens with one attached hydrogen (secondary N) is 2. The van der Waals surface area contributed by atoms with Gasteiger partial charge in [0.25, 0.3) is 0 Å². The van der Waals surface area contributed by atoms with E-state index in [-0.39, 0.29) is 6.23 Å². The summed E-state index contributed by atoms with van der Waals surface area (Å²) in [5, 5.41) is 4.65. The Hall–Kier alpha value is -3.71. The Bertz CT molecular complexity index is 1400. The van der Waals surface area contributed by atoms with Gasteiger partial charge in [0.15, 0.2) is 6.23 Å². The van der Waals surface area contributed by atoms with Crippen LogP contribution in [0.5, 0.6) is 5.75 Å². The van der Waals surface area contributed by atoms with Crippen LogP contribution in [0.1, 0.15) is 43.9 Å². The van der Waals surface area contributed by atoms with Crippen molar-refractivity contribution in [3.05, 3.63) is 66.2 Å². The normalized spacial score (nSPS) is 22.2. The van der Waals surface area contributed by atoms with Crippen LogP contribution >= 0.6 is 0 Å². The van der Waals surface area contributed by atoms with Gasteiger partial charge in [-0.25, -0.2) is 4.98 Å². The molecule has 2 aliphatic rings. The molecule has 0 radical (unpaired) electrons. The molecule has 1 saturated heterocycles. The van der Waals surface area contributed by atoms with Crippen LogP contribution < -0.4 is 21.5 Å². The summed E-state index contributed by atoms with van der Waals surface area (Å²) in [6, 6.07) is 15.0. The maximum atomic E-state index is 6.36. The van der Waals surface area contributed by atoms with E-state index in [4.69, 9.17) is 21.2 Å². The highest BCUT2D eigenvalue weighted by atomic mass is 16.5. The Morgan fingerprint density at radius 1 is 1.18 bits per heavy atom. The van der Waals surface area contributed by atoms with Crippen molar-refractivity contribution < 1.29 is 4.74 Å². The van der Waals surface area contributed by atoms with Gasteiger partial charge in [0, 0.05) is 28.9 Å². The van der Waals surface area contributed by atoms with Crippen molar-refractivity contribution in [2.24, 2.45) is 17.4 Å². The number of nitrogens with zero attached hydrogens (tertiary/aromatic N) is 2. The molecule has 0 unspecified atom stereocenters. The highest BCUT2D eigenvalue weighted by Crippen LogP contribution is 2.43. The molecule has 168 valence electrons. The molecule has 4 aromatic rings. The molecule has 2 aromatic carbocycles. The Balaban J connectivity index is 1.38. The van der Waals surface area contributed by atoms with Crippen LogP contribution in [0.2, 0.25) is 0 Å². The van der Waals surface area contributed by atoms with Gasteiger partial charge >= 0.3 is 0 Å². The molecular weight excluding hydrogens is 412 g/mol. The van der Waals surface area contributed by atoms with Crippen LogP contribution in [0.25, 0.3) is 39.1 Å². The Morgan fingerprint density at radius 2 is 2.06 bits per heavy atom. The predicted octanol–water partition coefficient (Wildman–Crippen LogP) is 4.50. The number of aromatic amines is 1. The van der Waals surface area contributed by atoms with Gasteiger partial charge in [-0.15, -0.1) is 0 Å². The summed E-state index contributed by atoms with van der Waals surface area (Å²) >= 11 is 0. The summed E-state index contributed by atoms with van der Waals surface area (Å²) in [6.07, 6.45) is 4.40. The second-order valence-electron chi connectivity index (χ2n) is 9.20. The zero-order valence-electron chi connectivity index (χ0n) is 18.8. The Labute approximate surface area is 192 Å². The first kappa shape index (κ1) is 19.9. The molecule has 6 N–H and O–H groups in total. The monoisotopic (exact) mass is 440 g/mol. The standard InChI is InChI=1S/C26H28N6O/c1-14-7-21(29-12-14)26-30-13-22(31-26)17-3-5-19-24-9-18-8-16(20(28)11-27)4-6-23(18)32(24)15(2)33-25(19)10-17/h3-6,8-11,13-15,21,29H,7,12,27-28H2,1-2H3,(H,30,31)/b20-11-/t14-,15+,21+/m1/s1. The lowest BCUT2D eigenvalue weighted by Crippen LogP contribution is -2.18. The van der Waals surface area contributed by atoms with Crippen LogP contribution in [0.4, 0.5) is 0 Å². The molecule has 0 bridgehead atoms. The number of rotatable bonds is 3. The fraction of sp³-hybridized carbons (Fsp3) is 0.269. The first-order chi connectivity index (χ1) is 16.0. The number of benzene rings is 2. The van der Waals surface area contributed by atoms with E-state index in [0.29, 0.717) is 17.7 Å². The maximum Gasteiger partial charge on any atom is 0.173 e. The topological polar surface area (TPSA) is 107 Å². The number of nitrogens with two attached hydrogens (primary N) is 2. The molecule has 0 spiro atoms.